The van der Waals surface area contributed by atoms with Crippen LogP contribution in [0.5, 0.6) is 0 Å². The molecule has 0 saturated heterocycles. The summed E-state index contributed by atoms with van der Waals surface area (Å²) in [5.74, 6) is -1.75. The van der Waals surface area contributed by atoms with Gasteiger partial charge in [-0.15, -0.1) is 0 Å². The Kier molecular flexibility index (Phi) is 9.39. The number of aliphatic hydroxyl groups excluding tert-OH is 1. The van der Waals surface area contributed by atoms with E-state index in [0.717, 1.165) is 11.1 Å². The number of non-ortho nitro benzene ring substituents is 1. The van der Waals surface area contributed by atoms with Crippen LogP contribution in [0.4, 0.5) is 22.7 Å². The van der Waals surface area contributed by atoms with E-state index >= 15 is 0 Å². The van der Waals surface area contributed by atoms with Crippen LogP contribution in [0.25, 0.3) is 0 Å². The average Bonchev–Trinajstić information content (AvgIpc) is 3.33. The Morgan fingerprint density at radius 1 is 1.02 bits per heavy atom. The summed E-state index contributed by atoms with van der Waals surface area (Å²) >= 11 is 0. The van der Waals surface area contributed by atoms with Crippen LogP contribution in [-0.4, -0.2) is 50.9 Å². The molecule has 4 aromatic carbocycles. The summed E-state index contributed by atoms with van der Waals surface area (Å²) in [6.07, 6.45) is 4.39. The van der Waals surface area contributed by atoms with Crippen LogP contribution in [-0.2, 0) is 39.5 Å². The maximum absolute atomic E-state index is 14.2. The van der Waals surface area contributed by atoms with Gasteiger partial charge in [0.05, 0.1) is 29.8 Å². The van der Waals surface area contributed by atoms with Crippen molar-refractivity contribution in [3.8, 4) is 0 Å². The van der Waals surface area contributed by atoms with Gasteiger partial charge in [0, 0.05) is 48.0 Å². The Morgan fingerprint density at radius 2 is 1.73 bits per heavy atom. The zero-order chi connectivity index (χ0) is 34.7. The molecule has 3 amide bonds. The third-order valence-corrected chi connectivity index (χ3v) is 9.40. The molecule has 0 saturated carbocycles. The van der Waals surface area contributed by atoms with Gasteiger partial charge in [0.25, 0.3) is 11.6 Å². The first-order valence-electron chi connectivity index (χ1n) is 16.0. The van der Waals surface area contributed by atoms with Crippen LogP contribution in [0.1, 0.15) is 35.6 Å². The Morgan fingerprint density at radius 3 is 2.45 bits per heavy atom. The molecule has 0 bridgehead atoms. The number of para-hydroxylation sites is 1. The summed E-state index contributed by atoms with van der Waals surface area (Å²) in [6, 6.07) is 27.6. The highest BCUT2D eigenvalue weighted by Crippen LogP contribution is 2.47. The van der Waals surface area contributed by atoms with E-state index in [4.69, 9.17) is 0 Å². The zero-order valence-electron chi connectivity index (χ0n) is 26.9. The fourth-order valence-corrected chi connectivity index (χ4v) is 6.72. The fourth-order valence-electron chi connectivity index (χ4n) is 6.72. The van der Waals surface area contributed by atoms with Crippen molar-refractivity contribution < 1.29 is 29.5 Å². The fraction of sp³-hybridized carbons (Fsp3) is 0.237. The predicted octanol–water partition coefficient (Wildman–Crippen LogP) is 5.15. The van der Waals surface area contributed by atoms with Crippen molar-refractivity contribution in [3.63, 3.8) is 0 Å². The maximum atomic E-state index is 14.2. The van der Waals surface area contributed by atoms with Crippen molar-refractivity contribution in [2.24, 2.45) is 5.92 Å². The molecule has 6 rings (SSSR count). The molecule has 0 aliphatic carbocycles. The van der Waals surface area contributed by atoms with E-state index in [2.05, 4.69) is 0 Å². The van der Waals surface area contributed by atoms with Gasteiger partial charge < -0.3 is 20.0 Å². The SMILES string of the molecule is C[C@H](/C=C/CC(=O)N1Cc2ccccc2C[C@H]1CO)[C@@]1(O)C(=O)N(Cc2cccc(N(C=O)c3ccccc3)c2)c2ccc([N+](=O)[O-])cc21. The number of carbonyl (C=O) groups excluding carboxylic acids is 3. The summed E-state index contributed by atoms with van der Waals surface area (Å²) in [4.78, 5) is 55.2. The Balaban J connectivity index is 1.25. The van der Waals surface area contributed by atoms with Gasteiger partial charge in [0.1, 0.15) is 0 Å². The first-order valence-corrected chi connectivity index (χ1v) is 16.0. The highest BCUT2D eigenvalue weighted by atomic mass is 16.6. The number of hydrogen-bond donors (Lipinski definition) is 2. The number of anilines is 3. The highest BCUT2D eigenvalue weighted by molar-refractivity contribution is 6.07. The van der Waals surface area contributed by atoms with Gasteiger partial charge in [-0.05, 0) is 53.4 Å². The van der Waals surface area contributed by atoms with Crippen LogP contribution in [0.2, 0.25) is 0 Å². The summed E-state index contributed by atoms with van der Waals surface area (Å²) in [7, 11) is 0. The van der Waals surface area contributed by atoms with Crippen LogP contribution in [0.15, 0.2) is 109 Å². The van der Waals surface area contributed by atoms with Crippen molar-refractivity contribution in [3.05, 3.63) is 142 Å². The summed E-state index contributed by atoms with van der Waals surface area (Å²) in [5, 5.41) is 33.8. The van der Waals surface area contributed by atoms with Crippen molar-refractivity contribution in [2.75, 3.05) is 16.4 Å². The van der Waals surface area contributed by atoms with Gasteiger partial charge in [-0.25, -0.2) is 0 Å². The smallest absolute Gasteiger partial charge is 0.269 e. The minimum atomic E-state index is -2.16. The van der Waals surface area contributed by atoms with Crippen molar-refractivity contribution in [2.45, 2.75) is 44.5 Å². The van der Waals surface area contributed by atoms with Crippen LogP contribution < -0.4 is 9.80 Å². The van der Waals surface area contributed by atoms with E-state index in [1.807, 2.05) is 42.5 Å². The van der Waals surface area contributed by atoms with Crippen LogP contribution in [0, 0.1) is 16.0 Å². The van der Waals surface area contributed by atoms with Gasteiger partial charge in [-0.3, -0.25) is 29.4 Å². The normalized spacial score (nSPS) is 19.0. The Labute approximate surface area is 283 Å². The number of fused-ring (bicyclic) bond motifs is 2. The molecule has 2 aliphatic rings. The third kappa shape index (κ3) is 6.33. The number of amides is 3. The maximum Gasteiger partial charge on any atom is 0.269 e. The van der Waals surface area contributed by atoms with E-state index in [9.17, 15) is 34.7 Å². The molecule has 11 nitrogen and oxygen atoms in total. The molecule has 0 spiro atoms. The topological polar surface area (TPSA) is 145 Å². The lowest BCUT2D eigenvalue weighted by Crippen LogP contribution is -2.46. The molecular weight excluding hydrogens is 624 g/mol. The first kappa shape index (κ1) is 33.3. The number of hydrogen-bond acceptors (Lipinski definition) is 7. The van der Waals surface area contributed by atoms with Gasteiger partial charge >= 0.3 is 0 Å². The molecule has 49 heavy (non-hydrogen) atoms. The van der Waals surface area contributed by atoms with Crippen LogP contribution >= 0.6 is 0 Å². The number of nitro benzene ring substituents is 1. The number of benzene rings is 4. The van der Waals surface area contributed by atoms with Gasteiger partial charge in [0.15, 0.2) is 5.60 Å². The monoisotopic (exact) mass is 660 g/mol. The van der Waals surface area contributed by atoms with E-state index in [1.54, 1.807) is 60.4 Å². The number of nitrogens with zero attached hydrogens (tertiary/aromatic N) is 4. The predicted molar refractivity (Wildman–Crippen MR) is 184 cm³/mol. The lowest BCUT2D eigenvalue weighted by molar-refractivity contribution is -0.385. The minimum absolute atomic E-state index is 0.0230. The first-order chi connectivity index (χ1) is 23.6. The molecule has 2 heterocycles. The minimum Gasteiger partial charge on any atom is -0.394 e. The second-order valence-corrected chi connectivity index (χ2v) is 12.3. The summed E-state index contributed by atoms with van der Waals surface area (Å²) in [5.41, 5.74) is 2.01. The molecule has 2 N–H and O–H groups in total. The number of rotatable bonds is 11. The molecule has 2 aliphatic heterocycles. The van der Waals surface area contributed by atoms with Gasteiger partial charge in [0.2, 0.25) is 12.3 Å². The van der Waals surface area contributed by atoms with Crippen LogP contribution in [0.3, 0.4) is 0 Å². The molecule has 0 aromatic heterocycles. The summed E-state index contributed by atoms with van der Waals surface area (Å²) < 4.78 is 0. The Bertz CT molecular complexity index is 1930. The summed E-state index contributed by atoms with van der Waals surface area (Å²) in [6.45, 7) is 1.84. The second kappa shape index (κ2) is 13.8. The standard InChI is InChI=1S/C38H36N4O7/c1-26(9-7-16-36(45)39-23-29-12-6-5-11-28(29)20-33(39)24-43)38(47)34-21-32(42(48)49)17-18-35(34)40(37(38)46)22-27-10-8-15-31(19-27)41(25-44)30-13-3-2-4-14-30/h2-15,17-19,21,25-26,33,43,47H,16,20,22-24H2,1H3/b9-7+/t26-,33+,38+/m1/s1. The van der Waals surface area contributed by atoms with Gasteiger partial charge in [-0.2, -0.15) is 0 Å². The van der Waals surface area contributed by atoms with Crippen molar-refractivity contribution in [1.82, 2.24) is 4.90 Å². The lowest BCUT2D eigenvalue weighted by atomic mass is 9.82. The number of aliphatic hydroxyl groups is 2. The molecule has 4 aromatic rings. The molecule has 3 atom stereocenters. The number of carbonyl (C=O) groups is 3. The van der Waals surface area contributed by atoms with Gasteiger partial charge in [-0.1, -0.05) is 73.7 Å². The third-order valence-electron chi connectivity index (χ3n) is 9.40. The lowest BCUT2D eigenvalue weighted by Gasteiger charge is -2.36. The number of nitro groups is 1. The highest BCUT2D eigenvalue weighted by Gasteiger charge is 2.53. The van der Waals surface area contributed by atoms with Crippen molar-refractivity contribution >= 4 is 41.0 Å². The second-order valence-electron chi connectivity index (χ2n) is 12.3. The van der Waals surface area contributed by atoms with Crippen molar-refractivity contribution in [1.29, 1.82) is 0 Å². The molecule has 0 fully saturated rings. The zero-order valence-corrected chi connectivity index (χ0v) is 26.9. The van der Waals surface area contributed by atoms with E-state index in [-0.39, 0.29) is 42.8 Å². The van der Waals surface area contributed by atoms with E-state index in [0.29, 0.717) is 42.0 Å². The molecular formula is C38H36N4O7. The molecule has 0 radical (unpaired) electrons. The Hall–Kier alpha value is -5.65. The quantitative estimate of drug-likeness (QED) is 0.0980. The largest absolute Gasteiger partial charge is 0.394 e. The van der Waals surface area contributed by atoms with E-state index < -0.39 is 22.3 Å². The average molecular weight is 661 g/mol. The molecule has 11 heteroatoms. The molecule has 0 unspecified atom stereocenters. The molecule has 250 valence electrons. The van der Waals surface area contributed by atoms with E-state index in [1.165, 1.54) is 28.0 Å².